The van der Waals surface area contributed by atoms with Crippen LogP contribution in [0.15, 0.2) is 48.5 Å². The number of carbonyl (C=O) groups is 2. The van der Waals surface area contributed by atoms with Crippen LogP contribution in [0.1, 0.15) is 32.8 Å². The van der Waals surface area contributed by atoms with Gasteiger partial charge in [0.05, 0.1) is 11.9 Å². The lowest BCUT2D eigenvalue weighted by molar-refractivity contribution is -0.140. The van der Waals surface area contributed by atoms with Gasteiger partial charge in [0.25, 0.3) is 0 Å². The number of carbonyl (C=O) groups excluding carboxylic acids is 2. The van der Waals surface area contributed by atoms with E-state index in [1.54, 1.807) is 6.92 Å². The molecule has 0 bridgehead atoms. The second-order valence-corrected chi connectivity index (χ2v) is 10.4. The molecule has 2 aromatic rings. The molecule has 0 aliphatic carbocycles. The molecular weight excluding hydrogens is 464 g/mol. The van der Waals surface area contributed by atoms with Gasteiger partial charge in [-0.25, -0.2) is 17.2 Å². The first-order valence-corrected chi connectivity index (χ1v) is 12.8. The summed E-state index contributed by atoms with van der Waals surface area (Å²) in [6.45, 7) is 5.36. The second kappa shape index (κ2) is 11.9. The van der Waals surface area contributed by atoms with E-state index in [0.717, 1.165) is 16.6 Å². The van der Waals surface area contributed by atoms with Gasteiger partial charge in [-0.3, -0.25) is 13.9 Å². The topological polar surface area (TPSA) is 86.8 Å². The zero-order valence-electron chi connectivity index (χ0n) is 19.8. The van der Waals surface area contributed by atoms with Crippen LogP contribution in [0.25, 0.3) is 0 Å². The zero-order chi connectivity index (χ0) is 25.5. The molecule has 0 aliphatic heterocycles. The number of nitrogens with zero attached hydrogens (tertiary/aromatic N) is 2. The van der Waals surface area contributed by atoms with Crippen LogP contribution in [0.3, 0.4) is 0 Å². The molecule has 2 rings (SSSR count). The van der Waals surface area contributed by atoms with E-state index in [4.69, 9.17) is 0 Å². The molecule has 2 aromatic carbocycles. The molecule has 1 N–H and O–H groups in total. The van der Waals surface area contributed by atoms with E-state index in [9.17, 15) is 26.8 Å². The fourth-order valence-corrected chi connectivity index (χ4v) is 4.21. The Morgan fingerprint density at radius 2 is 1.68 bits per heavy atom. The Balaban J connectivity index is 2.41. The van der Waals surface area contributed by atoms with Crippen molar-refractivity contribution in [2.24, 2.45) is 5.92 Å². The summed E-state index contributed by atoms with van der Waals surface area (Å²) >= 11 is 0. The number of hydrogen-bond acceptors (Lipinski definition) is 4. The number of anilines is 1. The first-order chi connectivity index (χ1) is 15.9. The third-order valence-electron chi connectivity index (χ3n) is 5.11. The van der Waals surface area contributed by atoms with E-state index in [1.165, 1.54) is 47.4 Å². The fourth-order valence-electron chi connectivity index (χ4n) is 3.37. The summed E-state index contributed by atoms with van der Waals surface area (Å²) in [5.74, 6) is -1.93. The van der Waals surface area contributed by atoms with Gasteiger partial charge < -0.3 is 10.2 Å². The predicted octanol–water partition coefficient (Wildman–Crippen LogP) is 3.31. The average molecular weight is 496 g/mol. The number of nitrogens with one attached hydrogen (secondary N) is 1. The number of amides is 2. The van der Waals surface area contributed by atoms with E-state index in [2.05, 4.69) is 5.32 Å². The zero-order valence-corrected chi connectivity index (χ0v) is 20.6. The van der Waals surface area contributed by atoms with Gasteiger partial charge in [-0.15, -0.1) is 0 Å². The third kappa shape index (κ3) is 7.79. The molecule has 0 heterocycles. The Morgan fingerprint density at radius 1 is 1.03 bits per heavy atom. The van der Waals surface area contributed by atoms with Crippen LogP contribution >= 0.6 is 0 Å². The van der Waals surface area contributed by atoms with Gasteiger partial charge in [-0.05, 0) is 48.2 Å². The minimum atomic E-state index is -3.95. The molecule has 0 saturated carbocycles. The average Bonchev–Trinajstić information content (AvgIpc) is 2.76. The summed E-state index contributed by atoms with van der Waals surface area (Å²) in [5.41, 5.74) is 0.566. The molecule has 0 aromatic heterocycles. The fraction of sp³-hybridized carbons (Fsp3) is 0.417. The standard InChI is InChI=1S/C24H31F2N3O4S/c1-5-22(24(31)27-14-17(2)3)28(15-18-9-11-19(25)12-10-18)23(30)16-29(34(4,32)33)21-8-6-7-20(26)13-21/h6-13,17,22H,5,14-16H2,1-4H3,(H,27,31). The maximum absolute atomic E-state index is 13.8. The SMILES string of the molecule is CCC(C(=O)NCC(C)C)N(Cc1ccc(F)cc1)C(=O)CN(c1cccc(F)c1)S(C)(=O)=O. The summed E-state index contributed by atoms with van der Waals surface area (Å²) < 4.78 is 52.9. The lowest BCUT2D eigenvalue weighted by Crippen LogP contribution is -2.52. The van der Waals surface area contributed by atoms with Crippen molar-refractivity contribution in [3.63, 3.8) is 0 Å². The van der Waals surface area contributed by atoms with Crippen LogP contribution in [-0.4, -0.2) is 50.5 Å². The van der Waals surface area contributed by atoms with Crippen molar-refractivity contribution in [3.8, 4) is 0 Å². The molecule has 7 nitrogen and oxygen atoms in total. The Kier molecular flexibility index (Phi) is 9.55. The first kappa shape index (κ1) is 27.2. The number of halogens is 2. The third-order valence-corrected chi connectivity index (χ3v) is 6.25. The van der Waals surface area contributed by atoms with Crippen LogP contribution in [-0.2, 0) is 26.2 Å². The number of hydrogen-bond donors (Lipinski definition) is 1. The molecule has 186 valence electrons. The van der Waals surface area contributed by atoms with Crippen LogP contribution < -0.4 is 9.62 Å². The molecule has 0 radical (unpaired) electrons. The number of sulfonamides is 1. The van der Waals surface area contributed by atoms with Crippen LogP contribution in [0.2, 0.25) is 0 Å². The lowest BCUT2D eigenvalue weighted by atomic mass is 10.1. The van der Waals surface area contributed by atoms with E-state index in [1.807, 2.05) is 13.8 Å². The van der Waals surface area contributed by atoms with Crippen LogP contribution in [0, 0.1) is 17.6 Å². The van der Waals surface area contributed by atoms with Gasteiger partial charge in [-0.2, -0.15) is 0 Å². The van der Waals surface area contributed by atoms with Gasteiger partial charge in [0, 0.05) is 13.1 Å². The van der Waals surface area contributed by atoms with E-state index in [-0.39, 0.29) is 30.5 Å². The predicted molar refractivity (Wildman–Crippen MR) is 127 cm³/mol. The van der Waals surface area contributed by atoms with Crippen molar-refractivity contribution in [1.29, 1.82) is 0 Å². The quantitative estimate of drug-likeness (QED) is 0.518. The van der Waals surface area contributed by atoms with Crippen LogP contribution in [0.5, 0.6) is 0 Å². The molecule has 0 fully saturated rings. The maximum atomic E-state index is 13.8. The van der Waals surface area contributed by atoms with Crippen molar-refractivity contribution >= 4 is 27.5 Å². The molecule has 10 heteroatoms. The molecule has 1 unspecified atom stereocenters. The second-order valence-electron chi connectivity index (χ2n) is 8.46. The normalized spacial score (nSPS) is 12.3. The minimum Gasteiger partial charge on any atom is -0.354 e. The largest absolute Gasteiger partial charge is 0.354 e. The Labute approximate surface area is 199 Å². The smallest absolute Gasteiger partial charge is 0.244 e. The Hall–Kier alpha value is -3.01. The van der Waals surface area contributed by atoms with Crippen molar-refractivity contribution in [2.75, 3.05) is 23.7 Å². The van der Waals surface area contributed by atoms with E-state index in [0.29, 0.717) is 12.1 Å². The van der Waals surface area contributed by atoms with Gasteiger partial charge >= 0.3 is 0 Å². The van der Waals surface area contributed by atoms with Crippen molar-refractivity contribution in [1.82, 2.24) is 10.2 Å². The van der Waals surface area contributed by atoms with Crippen molar-refractivity contribution < 1.29 is 26.8 Å². The highest BCUT2D eigenvalue weighted by Crippen LogP contribution is 2.20. The summed E-state index contributed by atoms with van der Waals surface area (Å²) in [7, 11) is -3.95. The highest BCUT2D eigenvalue weighted by Gasteiger charge is 2.31. The molecular formula is C24H31F2N3O4S. The lowest BCUT2D eigenvalue weighted by Gasteiger charge is -2.33. The Bertz CT molecular complexity index is 1090. The molecule has 0 saturated heterocycles. The number of rotatable bonds is 11. The van der Waals surface area contributed by atoms with Crippen molar-refractivity contribution in [3.05, 3.63) is 65.7 Å². The molecule has 0 spiro atoms. The van der Waals surface area contributed by atoms with E-state index >= 15 is 0 Å². The minimum absolute atomic E-state index is 0.00473. The highest BCUT2D eigenvalue weighted by atomic mass is 32.2. The summed E-state index contributed by atoms with van der Waals surface area (Å²) in [5, 5.41) is 2.81. The molecule has 34 heavy (non-hydrogen) atoms. The van der Waals surface area contributed by atoms with Crippen LogP contribution in [0.4, 0.5) is 14.5 Å². The molecule has 0 aliphatic rings. The van der Waals surface area contributed by atoms with Gasteiger partial charge in [0.1, 0.15) is 24.2 Å². The van der Waals surface area contributed by atoms with E-state index < -0.39 is 40.2 Å². The summed E-state index contributed by atoms with van der Waals surface area (Å²) in [6, 6.07) is 9.51. The summed E-state index contributed by atoms with van der Waals surface area (Å²) in [4.78, 5) is 27.6. The monoisotopic (exact) mass is 495 g/mol. The molecule has 2 amide bonds. The van der Waals surface area contributed by atoms with Gasteiger partial charge in [0.2, 0.25) is 21.8 Å². The number of benzene rings is 2. The van der Waals surface area contributed by atoms with Gasteiger partial charge in [0.15, 0.2) is 0 Å². The van der Waals surface area contributed by atoms with Gasteiger partial charge in [-0.1, -0.05) is 39.0 Å². The van der Waals surface area contributed by atoms with Crippen molar-refractivity contribution in [2.45, 2.75) is 39.8 Å². The Morgan fingerprint density at radius 3 is 2.21 bits per heavy atom. The highest BCUT2D eigenvalue weighted by molar-refractivity contribution is 7.92. The summed E-state index contributed by atoms with van der Waals surface area (Å²) in [6.07, 6.45) is 1.19. The maximum Gasteiger partial charge on any atom is 0.244 e. The molecule has 1 atom stereocenters. The first-order valence-electron chi connectivity index (χ1n) is 11.0.